The molecule has 0 aliphatic heterocycles. The molecule has 21 heavy (non-hydrogen) atoms. The Hall–Kier alpha value is -1.06. The summed E-state index contributed by atoms with van der Waals surface area (Å²) >= 11 is 0. The average Bonchev–Trinajstić information content (AvgIpc) is 2.27. The van der Waals surface area contributed by atoms with E-state index >= 15 is 0 Å². The summed E-state index contributed by atoms with van der Waals surface area (Å²) in [6, 6.07) is 5.58. The molecule has 0 fully saturated rings. The van der Waals surface area contributed by atoms with Gasteiger partial charge < -0.3 is 9.90 Å². The minimum Gasteiger partial charge on any atom is -0.554 e. The molecule has 1 rings (SSSR count). The molecule has 0 bridgehead atoms. The number of carbonyl (C=O) groups excluding carboxylic acids is 2. The summed E-state index contributed by atoms with van der Waals surface area (Å²) in [6.07, 6.45) is -11.3. The molecule has 10 heteroatoms. The van der Waals surface area contributed by atoms with Gasteiger partial charge in [-0.05, 0) is 0 Å². The summed E-state index contributed by atoms with van der Waals surface area (Å²) in [6.45, 7) is -0.500. The van der Waals surface area contributed by atoms with Crippen LogP contribution in [0.25, 0.3) is 0 Å². The zero-order valence-corrected chi connectivity index (χ0v) is 12.5. The molecule has 1 aromatic carbocycles. The van der Waals surface area contributed by atoms with Crippen LogP contribution in [0.4, 0.5) is 26.3 Å². The zero-order valence-electron chi connectivity index (χ0n) is 10.5. The molecular weight excluding hydrogens is 317 g/mol. The van der Waals surface area contributed by atoms with E-state index in [0.717, 1.165) is 12.1 Å². The van der Waals surface area contributed by atoms with Crippen molar-refractivity contribution in [1.29, 1.82) is 0 Å². The fourth-order valence-corrected chi connectivity index (χ4v) is 1.25. The number of Topliss-reactive ketones (excluding diaryl/α,β-unsaturated/α-hetero) is 1. The fraction of sp³-hybridized carbons (Fsp3) is 0.273. The Kier molecular flexibility index (Phi) is 9.59. The molecular formula is C11H7F6NaO3. The average molecular weight is 324 g/mol. The van der Waals surface area contributed by atoms with Crippen molar-refractivity contribution < 1.29 is 70.6 Å². The minimum absolute atomic E-state index is 0. The molecule has 0 spiro atoms. The van der Waals surface area contributed by atoms with Gasteiger partial charge in [-0.15, -0.1) is 0 Å². The van der Waals surface area contributed by atoms with Gasteiger partial charge in [-0.25, -0.2) is 0 Å². The van der Waals surface area contributed by atoms with E-state index in [1.54, 1.807) is 0 Å². The van der Waals surface area contributed by atoms with Gasteiger partial charge in [-0.2, -0.15) is 26.3 Å². The van der Waals surface area contributed by atoms with Gasteiger partial charge in [0.1, 0.15) is 0 Å². The molecule has 0 saturated heterocycles. The Morgan fingerprint density at radius 1 is 1.00 bits per heavy atom. The molecule has 0 atom stereocenters. The SMILES string of the molecule is O=C(c1ccccc1)C(C(F)(F)F)C(F)(F)F.O=C[O-].[Na+]. The van der Waals surface area contributed by atoms with Crippen molar-refractivity contribution in [2.75, 3.05) is 0 Å². The number of hydrogen-bond donors (Lipinski definition) is 0. The first kappa shape index (κ1) is 22.2. The van der Waals surface area contributed by atoms with Crippen LogP contribution in [-0.2, 0) is 4.79 Å². The Morgan fingerprint density at radius 2 is 1.33 bits per heavy atom. The van der Waals surface area contributed by atoms with Crippen LogP contribution in [0, 0.1) is 5.92 Å². The Morgan fingerprint density at radius 3 is 1.62 bits per heavy atom. The monoisotopic (exact) mass is 324 g/mol. The van der Waals surface area contributed by atoms with Crippen LogP contribution >= 0.6 is 0 Å². The molecule has 1 aromatic rings. The zero-order chi connectivity index (χ0) is 16.0. The van der Waals surface area contributed by atoms with Gasteiger partial charge in [0.15, 0.2) is 5.78 Å². The third kappa shape index (κ3) is 7.49. The van der Waals surface area contributed by atoms with E-state index in [2.05, 4.69) is 0 Å². The first-order chi connectivity index (χ1) is 9.05. The molecule has 0 aliphatic carbocycles. The largest absolute Gasteiger partial charge is 1.00 e. The van der Waals surface area contributed by atoms with E-state index in [-0.39, 0.29) is 29.6 Å². The van der Waals surface area contributed by atoms with Crippen LogP contribution in [0.15, 0.2) is 30.3 Å². The van der Waals surface area contributed by atoms with Crippen molar-refractivity contribution in [2.24, 2.45) is 5.92 Å². The second-order valence-corrected chi connectivity index (χ2v) is 3.34. The van der Waals surface area contributed by atoms with Crippen LogP contribution < -0.4 is 34.7 Å². The predicted octanol–water partition coefficient (Wildman–Crippen LogP) is -1.02. The maximum Gasteiger partial charge on any atom is 1.00 e. The van der Waals surface area contributed by atoms with Gasteiger partial charge in [0.05, 0.1) is 0 Å². The number of rotatable bonds is 2. The summed E-state index contributed by atoms with van der Waals surface area (Å²) in [7, 11) is 0. The second kappa shape index (κ2) is 9.06. The van der Waals surface area contributed by atoms with Crippen LogP contribution in [0.5, 0.6) is 0 Å². The van der Waals surface area contributed by atoms with E-state index in [9.17, 15) is 31.1 Å². The summed E-state index contributed by atoms with van der Waals surface area (Å²) in [5.74, 6) is -5.97. The number of ketones is 1. The van der Waals surface area contributed by atoms with Crippen LogP contribution in [-0.4, -0.2) is 24.6 Å². The molecule has 112 valence electrons. The Bertz CT molecular complexity index is 430. The van der Waals surface area contributed by atoms with Gasteiger partial charge in [-0.3, -0.25) is 4.79 Å². The molecule has 0 amide bonds. The summed E-state index contributed by atoms with van der Waals surface area (Å²) < 4.78 is 73.3. The van der Waals surface area contributed by atoms with Crippen molar-refractivity contribution in [2.45, 2.75) is 12.4 Å². The molecule has 0 saturated carbocycles. The van der Waals surface area contributed by atoms with Crippen molar-refractivity contribution in [3.63, 3.8) is 0 Å². The van der Waals surface area contributed by atoms with Gasteiger partial charge in [0.25, 0.3) is 0 Å². The topological polar surface area (TPSA) is 57.2 Å². The summed E-state index contributed by atoms with van der Waals surface area (Å²) in [5, 5.41) is 8.25. The quantitative estimate of drug-likeness (QED) is 0.303. The van der Waals surface area contributed by atoms with E-state index in [1.165, 1.54) is 18.2 Å². The Balaban J connectivity index is 0. The minimum atomic E-state index is -5.65. The smallest absolute Gasteiger partial charge is 0.554 e. The maximum absolute atomic E-state index is 12.2. The van der Waals surface area contributed by atoms with E-state index in [1.807, 2.05) is 0 Å². The Labute approximate surface area is 137 Å². The van der Waals surface area contributed by atoms with Gasteiger partial charge in [-0.1, -0.05) is 30.3 Å². The molecule has 0 radical (unpaired) electrons. The van der Waals surface area contributed by atoms with Gasteiger partial charge in [0.2, 0.25) is 5.92 Å². The normalized spacial score (nSPS) is 11.0. The molecule has 0 heterocycles. The molecule has 0 unspecified atom stereocenters. The summed E-state index contributed by atoms with van der Waals surface area (Å²) in [5.41, 5.74) is -0.618. The van der Waals surface area contributed by atoms with E-state index in [0.29, 0.717) is 0 Å². The number of carbonyl (C=O) groups is 2. The van der Waals surface area contributed by atoms with Crippen molar-refractivity contribution in [3.05, 3.63) is 35.9 Å². The van der Waals surface area contributed by atoms with Crippen LogP contribution in [0.3, 0.4) is 0 Å². The van der Waals surface area contributed by atoms with Gasteiger partial charge in [0, 0.05) is 12.0 Å². The third-order valence-corrected chi connectivity index (χ3v) is 1.98. The molecule has 0 N–H and O–H groups in total. The van der Waals surface area contributed by atoms with E-state index < -0.39 is 36.1 Å². The second-order valence-electron chi connectivity index (χ2n) is 3.34. The molecule has 0 aliphatic rings. The number of hydrogen-bond acceptors (Lipinski definition) is 3. The van der Waals surface area contributed by atoms with Crippen molar-refractivity contribution in [1.82, 2.24) is 0 Å². The standard InChI is InChI=1S/C10H6F6O.CH2O2.Na/c11-9(12,13)8(10(14,15)16)7(17)6-4-2-1-3-5-6;2-1-3;/h1-5,8H;1H,(H,2,3);/q;;+1/p-1. The maximum atomic E-state index is 12.2. The summed E-state index contributed by atoms with van der Waals surface area (Å²) in [4.78, 5) is 19.4. The third-order valence-electron chi connectivity index (χ3n) is 1.98. The number of alkyl halides is 6. The molecule has 0 aromatic heterocycles. The van der Waals surface area contributed by atoms with Crippen LogP contribution in [0.2, 0.25) is 0 Å². The first-order valence-electron chi connectivity index (χ1n) is 4.84. The number of carboxylic acid groups (broad SMARTS) is 1. The predicted molar refractivity (Wildman–Crippen MR) is 52.4 cm³/mol. The van der Waals surface area contributed by atoms with E-state index in [4.69, 9.17) is 9.90 Å². The van der Waals surface area contributed by atoms with Crippen molar-refractivity contribution >= 4 is 12.3 Å². The first-order valence-corrected chi connectivity index (χ1v) is 4.84. The molecule has 3 nitrogen and oxygen atoms in total. The van der Waals surface area contributed by atoms with Gasteiger partial charge >= 0.3 is 41.9 Å². The number of halogens is 6. The fourth-order valence-electron chi connectivity index (χ4n) is 1.25. The van der Waals surface area contributed by atoms with Crippen LogP contribution in [0.1, 0.15) is 10.4 Å². The number of benzene rings is 1. The van der Waals surface area contributed by atoms with Crippen molar-refractivity contribution in [3.8, 4) is 0 Å².